The lowest BCUT2D eigenvalue weighted by Gasteiger charge is -2.12. The average molecular weight is 299 g/mol. The van der Waals surface area contributed by atoms with Gasteiger partial charge in [-0.15, -0.1) is 0 Å². The summed E-state index contributed by atoms with van der Waals surface area (Å²) in [5.41, 5.74) is 0.185. The molecule has 5 nitrogen and oxygen atoms in total. The highest BCUT2D eigenvalue weighted by Gasteiger charge is 2.25. The molecule has 1 rings (SSSR count). The van der Waals surface area contributed by atoms with Crippen LogP contribution in [0.5, 0.6) is 0 Å². The van der Waals surface area contributed by atoms with Crippen LogP contribution in [0.15, 0.2) is 18.2 Å². The molecule has 1 aromatic rings. The summed E-state index contributed by atoms with van der Waals surface area (Å²) in [4.78, 5) is 11.1. The Labute approximate surface area is 116 Å². The van der Waals surface area contributed by atoms with Crippen molar-refractivity contribution in [1.29, 1.82) is 5.26 Å². The van der Waals surface area contributed by atoms with E-state index in [2.05, 4.69) is 4.74 Å². The lowest BCUT2D eigenvalue weighted by atomic mass is 10.1. The molecule has 0 saturated carbocycles. The van der Waals surface area contributed by atoms with Gasteiger partial charge in [-0.1, -0.05) is 0 Å². The maximum absolute atomic E-state index is 13.1. The summed E-state index contributed by atoms with van der Waals surface area (Å²) in [6, 6.07) is 5.15. The Morgan fingerprint density at radius 1 is 1.50 bits per heavy atom. The zero-order valence-electron chi connectivity index (χ0n) is 11.1. The van der Waals surface area contributed by atoms with Gasteiger partial charge in [-0.2, -0.15) is 5.26 Å². The van der Waals surface area contributed by atoms with Crippen LogP contribution in [0.2, 0.25) is 0 Å². The first kappa shape index (κ1) is 16.1. The summed E-state index contributed by atoms with van der Waals surface area (Å²) in [7, 11) is -2.52. The third-order valence-electron chi connectivity index (χ3n) is 2.84. The fraction of sp³-hybridized carbons (Fsp3) is 0.385. The zero-order valence-corrected chi connectivity index (χ0v) is 11.9. The summed E-state index contributed by atoms with van der Waals surface area (Å²) in [5, 5.41) is 7.92. The van der Waals surface area contributed by atoms with Crippen molar-refractivity contribution in [2.24, 2.45) is 0 Å². The van der Waals surface area contributed by atoms with Crippen molar-refractivity contribution in [1.82, 2.24) is 0 Å². The Morgan fingerprint density at radius 3 is 2.70 bits per heavy atom. The number of rotatable bonds is 5. The standard InChI is InChI=1S/C13H14FNO4S/c1-9(5-13(16)19-2)20(17,18)8-11-6-12(14)4-3-10(11)7-15/h3-4,6,9H,5,8H2,1-2H3. The predicted molar refractivity (Wildman–Crippen MR) is 69.8 cm³/mol. The molecule has 1 unspecified atom stereocenters. The molecule has 0 radical (unpaired) electrons. The average Bonchev–Trinajstić information content (AvgIpc) is 2.38. The van der Waals surface area contributed by atoms with Crippen molar-refractivity contribution in [2.75, 3.05) is 7.11 Å². The Morgan fingerprint density at radius 2 is 2.15 bits per heavy atom. The number of esters is 1. The number of benzene rings is 1. The summed E-state index contributed by atoms with van der Waals surface area (Å²) >= 11 is 0. The van der Waals surface area contributed by atoms with Crippen LogP contribution in [0, 0.1) is 17.1 Å². The number of methoxy groups -OCH3 is 1. The first-order chi connectivity index (χ1) is 9.30. The first-order valence-corrected chi connectivity index (χ1v) is 7.48. The van der Waals surface area contributed by atoms with E-state index in [0.29, 0.717) is 0 Å². The minimum absolute atomic E-state index is 0.0872. The number of nitriles is 1. The van der Waals surface area contributed by atoms with Crippen LogP contribution in [0.1, 0.15) is 24.5 Å². The van der Waals surface area contributed by atoms with Crippen molar-refractivity contribution in [3.05, 3.63) is 35.1 Å². The number of hydrogen-bond donors (Lipinski definition) is 0. The Hall–Kier alpha value is -1.94. The first-order valence-electron chi connectivity index (χ1n) is 5.77. The molecular weight excluding hydrogens is 285 g/mol. The second kappa shape index (κ2) is 6.48. The lowest BCUT2D eigenvalue weighted by Crippen LogP contribution is -2.24. The van der Waals surface area contributed by atoms with Crippen LogP contribution in [0.4, 0.5) is 4.39 Å². The number of carbonyl (C=O) groups excluding carboxylic acids is 1. The minimum atomic E-state index is -3.69. The zero-order chi connectivity index (χ0) is 15.3. The molecule has 0 aliphatic rings. The van der Waals surface area contributed by atoms with E-state index < -0.39 is 32.6 Å². The second-order valence-corrected chi connectivity index (χ2v) is 6.73. The molecule has 0 bridgehead atoms. The second-order valence-electron chi connectivity index (χ2n) is 4.31. The third kappa shape index (κ3) is 4.03. The molecule has 1 atom stereocenters. The molecule has 0 saturated heterocycles. The SMILES string of the molecule is COC(=O)CC(C)S(=O)(=O)Cc1cc(F)ccc1C#N. The minimum Gasteiger partial charge on any atom is -0.469 e. The molecule has 0 aliphatic heterocycles. The van der Waals surface area contributed by atoms with Gasteiger partial charge in [0, 0.05) is 0 Å². The Bertz CT molecular complexity index is 649. The fourth-order valence-electron chi connectivity index (χ4n) is 1.59. The number of nitrogens with zero attached hydrogens (tertiary/aromatic N) is 1. The van der Waals surface area contributed by atoms with E-state index in [1.807, 2.05) is 6.07 Å². The summed E-state index contributed by atoms with van der Waals surface area (Å²) in [6.45, 7) is 1.37. The number of hydrogen-bond acceptors (Lipinski definition) is 5. The van der Waals surface area contributed by atoms with Gasteiger partial charge in [-0.3, -0.25) is 4.79 Å². The highest BCUT2D eigenvalue weighted by Crippen LogP contribution is 2.18. The number of sulfone groups is 1. The van der Waals surface area contributed by atoms with Crippen LogP contribution >= 0.6 is 0 Å². The molecule has 20 heavy (non-hydrogen) atoms. The highest BCUT2D eigenvalue weighted by molar-refractivity contribution is 7.91. The molecule has 0 heterocycles. The lowest BCUT2D eigenvalue weighted by molar-refractivity contribution is -0.140. The smallest absolute Gasteiger partial charge is 0.306 e. The third-order valence-corrected chi connectivity index (χ3v) is 4.95. The van der Waals surface area contributed by atoms with Gasteiger partial charge in [0.2, 0.25) is 0 Å². The summed E-state index contributed by atoms with van der Waals surface area (Å²) in [6.07, 6.45) is -0.282. The highest BCUT2D eigenvalue weighted by atomic mass is 32.2. The molecule has 0 aliphatic carbocycles. The van der Waals surface area contributed by atoms with Gasteiger partial charge in [-0.05, 0) is 30.7 Å². The quantitative estimate of drug-likeness (QED) is 0.770. The molecule has 1 aromatic carbocycles. The Balaban J connectivity index is 3.00. The van der Waals surface area contributed by atoms with Gasteiger partial charge in [-0.25, -0.2) is 12.8 Å². The van der Waals surface area contributed by atoms with E-state index in [1.165, 1.54) is 20.1 Å². The molecule has 0 fully saturated rings. The van der Waals surface area contributed by atoms with Crippen LogP contribution in [0.25, 0.3) is 0 Å². The van der Waals surface area contributed by atoms with Gasteiger partial charge in [0.05, 0.1) is 36.2 Å². The topological polar surface area (TPSA) is 84.2 Å². The largest absolute Gasteiger partial charge is 0.469 e. The van der Waals surface area contributed by atoms with Crippen LogP contribution in [-0.2, 0) is 25.1 Å². The van der Waals surface area contributed by atoms with E-state index in [0.717, 1.165) is 12.1 Å². The monoisotopic (exact) mass is 299 g/mol. The summed E-state index contributed by atoms with van der Waals surface area (Å²) in [5.74, 6) is -1.75. The van der Waals surface area contributed by atoms with Crippen molar-refractivity contribution in [3.8, 4) is 6.07 Å². The molecule has 0 aromatic heterocycles. The van der Waals surface area contributed by atoms with E-state index in [-0.39, 0.29) is 17.5 Å². The maximum Gasteiger partial charge on any atom is 0.306 e. The molecule has 7 heteroatoms. The fourth-order valence-corrected chi connectivity index (χ4v) is 2.94. The van der Waals surface area contributed by atoms with Crippen LogP contribution < -0.4 is 0 Å². The van der Waals surface area contributed by atoms with Crippen LogP contribution in [0.3, 0.4) is 0 Å². The van der Waals surface area contributed by atoms with E-state index >= 15 is 0 Å². The molecule has 0 spiro atoms. The molecule has 0 N–H and O–H groups in total. The number of halogens is 1. The van der Waals surface area contributed by atoms with Crippen LogP contribution in [-0.4, -0.2) is 26.7 Å². The van der Waals surface area contributed by atoms with E-state index in [9.17, 15) is 17.6 Å². The van der Waals surface area contributed by atoms with Gasteiger partial charge >= 0.3 is 5.97 Å². The van der Waals surface area contributed by atoms with Crippen molar-refractivity contribution in [2.45, 2.75) is 24.3 Å². The van der Waals surface area contributed by atoms with Gasteiger partial charge in [0.15, 0.2) is 9.84 Å². The number of carbonyl (C=O) groups is 1. The maximum atomic E-state index is 13.1. The molecular formula is C13H14FNO4S. The van der Waals surface area contributed by atoms with Gasteiger partial charge in [0.25, 0.3) is 0 Å². The van der Waals surface area contributed by atoms with Crippen molar-refractivity contribution < 1.29 is 22.3 Å². The Kier molecular flexibility index (Phi) is 5.22. The van der Waals surface area contributed by atoms with E-state index in [1.54, 1.807) is 0 Å². The van der Waals surface area contributed by atoms with Gasteiger partial charge < -0.3 is 4.74 Å². The normalized spacial score (nSPS) is 12.5. The number of ether oxygens (including phenoxy) is 1. The molecule has 108 valence electrons. The van der Waals surface area contributed by atoms with Crippen molar-refractivity contribution in [3.63, 3.8) is 0 Å². The van der Waals surface area contributed by atoms with E-state index in [4.69, 9.17) is 5.26 Å². The molecule has 0 amide bonds. The van der Waals surface area contributed by atoms with Gasteiger partial charge in [0.1, 0.15) is 5.82 Å². The van der Waals surface area contributed by atoms with Crippen molar-refractivity contribution >= 4 is 15.8 Å². The summed E-state index contributed by atoms with van der Waals surface area (Å²) < 4.78 is 41.7. The predicted octanol–water partition coefficient (Wildman–Crippen LogP) is 1.56.